The molecule has 7 heteroatoms. The minimum absolute atomic E-state index is 0.0875. The first-order valence-corrected chi connectivity index (χ1v) is 6.27. The quantitative estimate of drug-likeness (QED) is 0.587. The lowest BCUT2D eigenvalue weighted by Gasteiger charge is -2.26. The van der Waals surface area contributed by atoms with Gasteiger partial charge in [0, 0.05) is 17.8 Å². The number of aliphatic hydroxyl groups is 1. The van der Waals surface area contributed by atoms with E-state index in [0.717, 1.165) is 18.9 Å². The average molecular weight is 287 g/mol. The highest BCUT2D eigenvalue weighted by atomic mass is 19.4. The van der Waals surface area contributed by atoms with Gasteiger partial charge in [-0.25, -0.2) is 0 Å². The number of nitrogens with two attached hydrogens (primary N) is 1. The Labute approximate surface area is 114 Å². The molecule has 1 atom stereocenters. The second-order valence-corrected chi connectivity index (χ2v) is 4.81. The summed E-state index contributed by atoms with van der Waals surface area (Å²) in [7, 11) is 0. The lowest BCUT2D eigenvalue weighted by atomic mass is 10.0. The number of nitrogens with one attached hydrogen (secondary N) is 1. The molecule has 1 unspecified atom stereocenters. The average Bonchev–Trinajstić information content (AvgIpc) is 2.85. The van der Waals surface area contributed by atoms with Crippen molar-refractivity contribution in [1.82, 2.24) is 0 Å². The number of aliphatic hydroxyl groups excluding tert-OH is 1. The molecule has 4 N–H and O–H groups in total. The van der Waals surface area contributed by atoms with Crippen LogP contribution in [0.4, 0.5) is 18.9 Å². The molecule has 1 aliphatic rings. The molecule has 1 heterocycles. The van der Waals surface area contributed by atoms with Crippen LogP contribution in [-0.2, 0) is 6.18 Å². The Morgan fingerprint density at radius 3 is 2.70 bits per heavy atom. The highest BCUT2D eigenvalue weighted by Crippen LogP contribution is 2.36. The van der Waals surface area contributed by atoms with E-state index in [4.69, 9.17) is 11.1 Å². The van der Waals surface area contributed by atoms with E-state index in [0.29, 0.717) is 12.2 Å². The van der Waals surface area contributed by atoms with E-state index in [9.17, 15) is 18.3 Å². The monoisotopic (exact) mass is 287 g/mol. The summed E-state index contributed by atoms with van der Waals surface area (Å²) in [5, 5.41) is 16.5. The van der Waals surface area contributed by atoms with Gasteiger partial charge < -0.3 is 15.7 Å². The Balaban J connectivity index is 2.44. The fraction of sp³-hybridized carbons (Fsp3) is 0.462. The van der Waals surface area contributed by atoms with E-state index < -0.39 is 17.6 Å². The summed E-state index contributed by atoms with van der Waals surface area (Å²) in [6, 6.07) is 3.58. The van der Waals surface area contributed by atoms with Gasteiger partial charge in [0.1, 0.15) is 5.84 Å². The Bertz CT molecular complexity index is 516. The third kappa shape index (κ3) is 2.72. The lowest BCUT2D eigenvalue weighted by Crippen LogP contribution is -2.32. The first-order valence-electron chi connectivity index (χ1n) is 6.27. The Hall–Kier alpha value is -1.76. The summed E-state index contributed by atoms with van der Waals surface area (Å²) >= 11 is 0. The van der Waals surface area contributed by atoms with E-state index in [1.165, 1.54) is 12.1 Å². The van der Waals surface area contributed by atoms with Crippen LogP contribution in [0.3, 0.4) is 0 Å². The van der Waals surface area contributed by atoms with Crippen molar-refractivity contribution < 1.29 is 18.3 Å². The molecule has 0 bridgehead atoms. The summed E-state index contributed by atoms with van der Waals surface area (Å²) in [6.45, 7) is 0.526. The van der Waals surface area contributed by atoms with Crippen molar-refractivity contribution in [3.63, 3.8) is 0 Å². The number of hydrogen-bond donors (Lipinski definition) is 3. The summed E-state index contributed by atoms with van der Waals surface area (Å²) in [5.74, 6) is -0.607. The molecule has 0 spiro atoms. The number of nitrogen functional groups attached to an aromatic ring is 1. The molecule has 1 saturated heterocycles. The highest BCUT2D eigenvalue weighted by Gasteiger charge is 2.35. The van der Waals surface area contributed by atoms with Gasteiger partial charge in [-0.05, 0) is 31.0 Å². The predicted molar refractivity (Wildman–Crippen MR) is 69.9 cm³/mol. The van der Waals surface area contributed by atoms with E-state index in [-0.39, 0.29) is 18.2 Å². The van der Waals surface area contributed by atoms with Crippen molar-refractivity contribution in [2.45, 2.75) is 25.1 Å². The van der Waals surface area contributed by atoms with Gasteiger partial charge in [-0.15, -0.1) is 0 Å². The number of halogens is 3. The zero-order valence-corrected chi connectivity index (χ0v) is 10.7. The number of benzene rings is 1. The van der Waals surface area contributed by atoms with Gasteiger partial charge in [-0.2, -0.15) is 13.2 Å². The van der Waals surface area contributed by atoms with Gasteiger partial charge in [0.2, 0.25) is 0 Å². The minimum atomic E-state index is -4.56. The van der Waals surface area contributed by atoms with Crippen molar-refractivity contribution in [1.29, 1.82) is 5.41 Å². The molecular weight excluding hydrogens is 271 g/mol. The van der Waals surface area contributed by atoms with Crippen molar-refractivity contribution in [3.05, 3.63) is 29.3 Å². The van der Waals surface area contributed by atoms with Crippen molar-refractivity contribution in [2.24, 2.45) is 5.73 Å². The first kappa shape index (κ1) is 14.6. The number of alkyl halides is 3. The maximum Gasteiger partial charge on any atom is 0.417 e. The Morgan fingerprint density at radius 1 is 1.45 bits per heavy atom. The van der Waals surface area contributed by atoms with Gasteiger partial charge in [0.05, 0.1) is 18.2 Å². The second-order valence-electron chi connectivity index (χ2n) is 4.81. The van der Waals surface area contributed by atoms with Gasteiger partial charge >= 0.3 is 6.18 Å². The molecule has 1 aliphatic heterocycles. The van der Waals surface area contributed by atoms with Crippen molar-refractivity contribution in [3.8, 4) is 0 Å². The van der Waals surface area contributed by atoms with E-state index in [2.05, 4.69) is 0 Å². The summed E-state index contributed by atoms with van der Waals surface area (Å²) in [6.07, 6.45) is -2.97. The summed E-state index contributed by atoms with van der Waals surface area (Å²) < 4.78 is 39.1. The van der Waals surface area contributed by atoms with Gasteiger partial charge in [-0.1, -0.05) is 0 Å². The fourth-order valence-corrected chi connectivity index (χ4v) is 2.55. The van der Waals surface area contributed by atoms with E-state index in [1.54, 1.807) is 4.90 Å². The van der Waals surface area contributed by atoms with Crippen LogP contribution in [-0.4, -0.2) is 30.1 Å². The van der Waals surface area contributed by atoms with Crippen LogP contribution in [0.5, 0.6) is 0 Å². The standard InChI is InChI=1S/C13H16F3N3O/c14-13(15,16)11-6-8(3-4-10(11)12(17)18)19-5-1-2-9(19)7-20/h3-4,6,9,20H,1-2,5,7H2,(H3,17,18). The molecule has 0 radical (unpaired) electrons. The van der Waals surface area contributed by atoms with Crippen molar-refractivity contribution >= 4 is 11.5 Å². The molecule has 1 fully saturated rings. The van der Waals surface area contributed by atoms with Crippen LogP contribution in [0.2, 0.25) is 0 Å². The lowest BCUT2D eigenvalue weighted by molar-refractivity contribution is -0.137. The molecule has 110 valence electrons. The molecule has 1 aromatic carbocycles. The van der Waals surface area contributed by atoms with Gasteiger partial charge in [0.25, 0.3) is 0 Å². The highest BCUT2D eigenvalue weighted by molar-refractivity contribution is 5.97. The SMILES string of the molecule is N=C(N)c1ccc(N2CCCC2CO)cc1C(F)(F)F. The van der Waals surface area contributed by atoms with Crippen LogP contribution >= 0.6 is 0 Å². The number of hydrogen-bond acceptors (Lipinski definition) is 3. The smallest absolute Gasteiger partial charge is 0.394 e. The Morgan fingerprint density at radius 2 is 2.15 bits per heavy atom. The third-order valence-electron chi connectivity index (χ3n) is 3.52. The predicted octanol–water partition coefficient (Wildman–Crippen LogP) is 1.95. The van der Waals surface area contributed by atoms with Crippen LogP contribution in [0.15, 0.2) is 18.2 Å². The van der Waals surface area contributed by atoms with Gasteiger partial charge in [0.15, 0.2) is 0 Å². The molecule has 1 aromatic rings. The third-order valence-corrected chi connectivity index (χ3v) is 3.52. The van der Waals surface area contributed by atoms with Crippen molar-refractivity contribution in [2.75, 3.05) is 18.1 Å². The van der Waals surface area contributed by atoms with E-state index >= 15 is 0 Å². The first-order chi connectivity index (χ1) is 9.34. The molecule has 0 saturated carbocycles. The summed E-state index contributed by atoms with van der Waals surface area (Å²) in [5.41, 5.74) is 4.37. The maximum atomic E-state index is 13.0. The maximum absolute atomic E-state index is 13.0. The largest absolute Gasteiger partial charge is 0.417 e. The van der Waals surface area contributed by atoms with Crippen LogP contribution in [0.1, 0.15) is 24.0 Å². The zero-order chi connectivity index (χ0) is 14.9. The van der Waals surface area contributed by atoms with E-state index in [1.807, 2.05) is 0 Å². The van der Waals surface area contributed by atoms with Crippen LogP contribution < -0.4 is 10.6 Å². The summed E-state index contributed by atoms with van der Waals surface area (Å²) in [4.78, 5) is 1.76. The molecule has 0 aliphatic carbocycles. The number of anilines is 1. The fourth-order valence-electron chi connectivity index (χ4n) is 2.55. The number of amidine groups is 1. The molecule has 0 amide bonds. The van der Waals surface area contributed by atoms with Gasteiger partial charge in [-0.3, -0.25) is 5.41 Å². The number of nitrogens with zero attached hydrogens (tertiary/aromatic N) is 1. The molecule has 4 nitrogen and oxygen atoms in total. The number of rotatable bonds is 3. The molecule has 2 rings (SSSR count). The molecule has 20 heavy (non-hydrogen) atoms. The molecule has 0 aromatic heterocycles. The van der Waals surface area contributed by atoms with Crippen LogP contribution in [0.25, 0.3) is 0 Å². The minimum Gasteiger partial charge on any atom is -0.394 e. The zero-order valence-electron chi connectivity index (χ0n) is 10.7. The topological polar surface area (TPSA) is 73.3 Å². The van der Waals surface area contributed by atoms with Crippen LogP contribution in [0, 0.1) is 5.41 Å². The normalized spacial score (nSPS) is 19.4. The molecular formula is C13H16F3N3O. The Kier molecular flexibility index (Phi) is 3.89. The second kappa shape index (κ2) is 5.32.